The molecular weight excluding hydrogens is 263 g/mol. The summed E-state index contributed by atoms with van der Waals surface area (Å²) in [5.74, 6) is 0.183. The molecule has 0 aliphatic heterocycles. The van der Waals surface area contributed by atoms with E-state index in [0.29, 0.717) is 6.42 Å². The Morgan fingerprint density at radius 1 is 1.38 bits per heavy atom. The van der Waals surface area contributed by atoms with Gasteiger partial charge in [0.05, 0.1) is 0 Å². The van der Waals surface area contributed by atoms with E-state index in [1.807, 2.05) is 24.3 Å². The molecule has 0 fully saturated rings. The molecule has 0 bridgehead atoms. The maximum absolute atomic E-state index is 10.3. The van der Waals surface area contributed by atoms with Crippen molar-refractivity contribution in [3.63, 3.8) is 0 Å². The molecule has 13 heavy (non-hydrogen) atoms. The Morgan fingerprint density at radius 2 is 2.00 bits per heavy atom. The summed E-state index contributed by atoms with van der Waals surface area (Å²) in [6, 6.07) is 7.62. The minimum atomic E-state index is -1.95. The normalized spacial score (nSPS) is 11.8. The van der Waals surface area contributed by atoms with Crippen LogP contribution in [0.15, 0.2) is 28.7 Å². The zero-order valence-corrected chi connectivity index (χ0v) is 11.7. The Hall–Kier alpha value is 0.810. The minimum absolute atomic E-state index is 0. The van der Waals surface area contributed by atoms with Gasteiger partial charge in [0.15, 0.2) is 0 Å². The second-order valence-electron chi connectivity index (χ2n) is 2.35. The molecule has 5 heteroatoms. The molecule has 0 amide bonds. The number of benzene rings is 1. The Morgan fingerprint density at radius 3 is 2.54 bits per heavy atom. The zero-order chi connectivity index (χ0) is 8.97. The van der Waals surface area contributed by atoms with Gasteiger partial charge in [-0.15, -0.1) is 0 Å². The summed E-state index contributed by atoms with van der Waals surface area (Å²) in [5.41, 5.74) is 1.03. The molecule has 0 saturated heterocycles. The molecule has 0 aliphatic rings. The SMILES string of the molecule is O=S([O-])CCc1ccccc1Br.[Na+]. The van der Waals surface area contributed by atoms with Gasteiger partial charge in [-0.2, -0.15) is 0 Å². The van der Waals surface area contributed by atoms with Crippen LogP contribution in [0.25, 0.3) is 0 Å². The second-order valence-corrected chi connectivity index (χ2v) is 4.22. The predicted octanol–water partition coefficient (Wildman–Crippen LogP) is -1.13. The first-order valence-electron chi connectivity index (χ1n) is 3.49. The average molecular weight is 271 g/mol. The fraction of sp³-hybridized carbons (Fsp3) is 0.250. The Balaban J connectivity index is 0.00000144. The van der Waals surface area contributed by atoms with Crippen molar-refractivity contribution in [2.24, 2.45) is 0 Å². The number of hydrogen-bond acceptors (Lipinski definition) is 2. The van der Waals surface area contributed by atoms with Gasteiger partial charge >= 0.3 is 29.6 Å². The van der Waals surface area contributed by atoms with Crippen molar-refractivity contribution >= 4 is 27.0 Å². The Labute approximate surface area is 111 Å². The minimum Gasteiger partial charge on any atom is -0.772 e. The van der Waals surface area contributed by atoms with Crippen LogP contribution in [-0.4, -0.2) is 14.5 Å². The van der Waals surface area contributed by atoms with Crippen LogP contribution < -0.4 is 29.6 Å². The molecule has 0 spiro atoms. The summed E-state index contributed by atoms with van der Waals surface area (Å²) in [5, 5.41) is 0. The van der Waals surface area contributed by atoms with E-state index in [0.717, 1.165) is 10.0 Å². The van der Waals surface area contributed by atoms with E-state index < -0.39 is 11.1 Å². The number of rotatable bonds is 3. The largest absolute Gasteiger partial charge is 1.00 e. The summed E-state index contributed by atoms with van der Waals surface area (Å²) in [6.07, 6.45) is 0.567. The zero-order valence-electron chi connectivity index (χ0n) is 7.33. The summed E-state index contributed by atoms with van der Waals surface area (Å²) >= 11 is 1.40. The van der Waals surface area contributed by atoms with Gasteiger partial charge in [-0.1, -0.05) is 45.2 Å². The van der Waals surface area contributed by atoms with Crippen LogP contribution in [0.1, 0.15) is 5.56 Å². The monoisotopic (exact) mass is 270 g/mol. The number of aryl methyl sites for hydroxylation is 1. The first-order valence-corrected chi connectivity index (χ1v) is 5.53. The van der Waals surface area contributed by atoms with Gasteiger partial charge in [-0.05, 0) is 18.1 Å². The van der Waals surface area contributed by atoms with E-state index in [-0.39, 0.29) is 35.3 Å². The molecule has 0 saturated carbocycles. The summed E-state index contributed by atoms with van der Waals surface area (Å²) in [4.78, 5) is 0. The fourth-order valence-corrected chi connectivity index (χ4v) is 1.76. The van der Waals surface area contributed by atoms with Gasteiger partial charge < -0.3 is 4.55 Å². The van der Waals surface area contributed by atoms with E-state index in [1.165, 1.54) is 0 Å². The van der Waals surface area contributed by atoms with Crippen LogP contribution in [0.4, 0.5) is 0 Å². The third kappa shape index (κ3) is 5.30. The predicted molar refractivity (Wildman–Crippen MR) is 51.6 cm³/mol. The molecular formula is C8H8BrNaO2S. The topological polar surface area (TPSA) is 40.1 Å². The van der Waals surface area contributed by atoms with E-state index in [9.17, 15) is 8.76 Å². The van der Waals surface area contributed by atoms with Crippen LogP contribution in [-0.2, 0) is 17.5 Å². The molecule has 0 aliphatic carbocycles. The smallest absolute Gasteiger partial charge is 0.772 e. The summed E-state index contributed by atoms with van der Waals surface area (Å²) < 4.78 is 21.5. The summed E-state index contributed by atoms with van der Waals surface area (Å²) in [7, 11) is 0. The van der Waals surface area contributed by atoms with Gasteiger partial charge in [0.25, 0.3) is 0 Å². The first-order chi connectivity index (χ1) is 5.70. The van der Waals surface area contributed by atoms with Gasteiger partial charge in [0.2, 0.25) is 0 Å². The number of halogens is 1. The maximum atomic E-state index is 10.3. The number of hydrogen-bond donors (Lipinski definition) is 0. The quantitative estimate of drug-likeness (QED) is 0.516. The van der Waals surface area contributed by atoms with Crippen molar-refractivity contribution in [2.75, 3.05) is 5.75 Å². The van der Waals surface area contributed by atoms with E-state index >= 15 is 0 Å². The van der Waals surface area contributed by atoms with Crippen molar-refractivity contribution in [3.8, 4) is 0 Å². The van der Waals surface area contributed by atoms with Crippen LogP contribution in [0, 0.1) is 0 Å². The Bertz CT molecular complexity index is 293. The van der Waals surface area contributed by atoms with Crippen LogP contribution >= 0.6 is 15.9 Å². The molecule has 0 heterocycles. The fourth-order valence-electron chi connectivity index (χ4n) is 0.894. The molecule has 1 unspecified atom stereocenters. The van der Waals surface area contributed by atoms with Gasteiger partial charge in [-0.25, -0.2) is 0 Å². The van der Waals surface area contributed by atoms with E-state index in [1.54, 1.807) is 0 Å². The summed E-state index contributed by atoms with van der Waals surface area (Å²) in [6.45, 7) is 0. The van der Waals surface area contributed by atoms with Crippen LogP contribution in [0.5, 0.6) is 0 Å². The molecule has 0 aromatic heterocycles. The third-order valence-electron chi connectivity index (χ3n) is 1.50. The second kappa shape index (κ2) is 7.15. The molecule has 1 atom stereocenters. The molecule has 1 rings (SSSR count). The van der Waals surface area contributed by atoms with Gasteiger partial charge in [0.1, 0.15) is 0 Å². The van der Waals surface area contributed by atoms with Crippen molar-refractivity contribution < 1.29 is 38.3 Å². The van der Waals surface area contributed by atoms with E-state index in [4.69, 9.17) is 0 Å². The standard InChI is InChI=1S/C8H9BrO2S.Na/c9-8-4-2-1-3-7(8)5-6-12(10)11;/h1-4H,5-6H2,(H,10,11);/q;+1/p-1. The van der Waals surface area contributed by atoms with E-state index in [2.05, 4.69) is 15.9 Å². The molecule has 1 aromatic carbocycles. The van der Waals surface area contributed by atoms with Crippen molar-refractivity contribution in [1.82, 2.24) is 0 Å². The molecule has 66 valence electrons. The van der Waals surface area contributed by atoms with Crippen molar-refractivity contribution in [1.29, 1.82) is 0 Å². The Kier molecular flexibility index (Phi) is 7.59. The van der Waals surface area contributed by atoms with Crippen molar-refractivity contribution in [3.05, 3.63) is 34.3 Å². The van der Waals surface area contributed by atoms with Crippen LogP contribution in [0.2, 0.25) is 0 Å². The third-order valence-corrected chi connectivity index (χ3v) is 2.81. The molecule has 1 aromatic rings. The van der Waals surface area contributed by atoms with Crippen LogP contribution in [0.3, 0.4) is 0 Å². The van der Waals surface area contributed by atoms with Gasteiger partial charge in [0, 0.05) is 10.2 Å². The average Bonchev–Trinajstić information content (AvgIpc) is 2.03. The maximum Gasteiger partial charge on any atom is 1.00 e. The molecule has 0 N–H and O–H groups in total. The molecule has 0 radical (unpaired) electrons. The first kappa shape index (κ1) is 13.8. The van der Waals surface area contributed by atoms with Gasteiger partial charge in [-0.3, -0.25) is 4.21 Å². The van der Waals surface area contributed by atoms with Crippen molar-refractivity contribution in [2.45, 2.75) is 6.42 Å². The molecule has 2 nitrogen and oxygen atoms in total.